The van der Waals surface area contributed by atoms with E-state index in [2.05, 4.69) is 10.3 Å². The summed E-state index contributed by atoms with van der Waals surface area (Å²) in [6.45, 7) is 3.01. The van der Waals surface area contributed by atoms with Gasteiger partial charge in [0.1, 0.15) is 11.4 Å². The number of nitrogens with zero attached hydrogens (tertiary/aromatic N) is 1. The van der Waals surface area contributed by atoms with E-state index in [0.717, 1.165) is 5.56 Å². The molecule has 2 rings (SSSR count). The van der Waals surface area contributed by atoms with Crippen LogP contribution >= 0.6 is 0 Å². The first-order chi connectivity index (χ1) is 8.10. The molecule has 0 spiro atoms. The Kier molecular flexibility index (Phi) is 3.40. The van der Waals surface area contributed by atoms with Crippen molar-refractivity contribution in [1.29, 1.82) is 0 Å². The Bertz CT molecular complexity index is 414. The van der Waals surface area contributed by atoms with Crippen LogP contribution in [-0.4, -0.2) is 29.6 Å². The highest BCUT2D eigenvalue weighted by atomic mass is 16.5. The lowest BCUT2D eigenvalue weighted by Crippen LogP contribution is -2.54. The molecule has 0 saturated carbocycles. The second-order valence-corrected chi connectivity index (χ2v) is 4.44. The molecule has 0 aromatic carbocycles. The third kappa shape index (κ3) is 2.81. The SMILES string of the molecule is Cc1ccnc(NC(=O)C2(N)CCOCC2)c1. The van der Waals surface area contributed by atoms with Gasteiger partial charge in [0.15, 0.2) is 0 Å². The van der Waals surface area contributed by atoms with Gasteiger partial charge in [0.25, 0.3) is 0 Å². The fourth-order valence-electron chi connectivity index (χ4n) is 1.81. The molecule has 1 aromatic rings. The van der Waals surface area contributed by atoms with Crippen LogP contribution in [-0.2, 0) is 9.53 Å². The zero-order valence-electron chi connectivity index (χ0n) is 9.90. The van der Waals surface area contributed by atoms with Crippen LogP contribution in [0.5, 0.6) is 0 Å². The Morgan fingerprint density at radius 3 is 2.88 bits per heavy atom. The van der Waals surface area contributed by atoms with Crippen LogP contribution in [0, 0.1) is 6.92 Å². The van der Waals surface area contributed by atoms with Crippen LogP contribution in [0.1, 0.15) is 18.4 Å². The molecule has 1 fully saturated rings. The molecule has 1 aromatic heterocycles. The summed E-state index contributed by atoms with van der Waals surface area (Å²) in [5.41, 5.74) is 6.29. The number of hydrogen-bond donors (Lipinski definition) is 2. The quantitative estimate of drug-likeness (QED) is 0.796. The average molecular weight is 235 g/mol. The maximum Gasteiger partial charge on any atom is 0.245 e. The second-order valence-electron chi connectivity index (χ2n) is 4.44. The molecule has 3 N–H and O–H groups in total. The van der Waals surface area contributed by atoms with Crippen LogP contribution in [0.2, 0.25) is 0 Å². The number of amides is 1. The molecular weight excluding hydrogens is 218 g/mol. The smallest absolute Gasteiger partial charge is 0.245 e. The summed E-state index contributed by atoms with van der Waals surface area (Å²) in [5.74, 6) is 0.366. The first-order valence-electron chi connectivity index (χ1n) is 5.71. The van der Waals surface area contributed by atoms with Crippen LogP contribution in [0.25, 0.3) is 0 Å². The molecule has 1 amide bonds. The van der Waals surface area contributed by atoms with E-state index < -0.39 is 5.54 Å². The van der Waals surface area contributed by atoms with Gasteiger partial charge in [-0.3, -0.25) is 4.79 Å². The maximum atomic E-state index is 12.1. The Morgan fingerprint density at radius 1 is 1.53 bits per heavy atom. The molecule has 5 nitrogen and oxygen atoms in total. The van der Waals surface area contributed by atoms with Gasteiger partial charge in [-0.1, -0.05) is 0 Å². The van der Waals surface area contributed by atoms with Crippen molar-refractivity contribution in [1.82, 2.24) is 4.98 Å². The van der Waals surface area contributed by atoms with Gasteiger partial charge < -0.3 is 15.8 Å². The van der Waals surface area contributed by atoms with Gasteiger partial charge in [-0.2, -0.15) is 0 Å². The van der Waals surface area contributed by atoms with Gasteiger partial charge in [-0.25, -0.2) is 4.98 Å². The zero-order chi connectivity index (χ0) is 12.3. The summed E-state index contributed by atoms with van der Waals surface area (Å²) < 4.78 is 5.21. The number of rotatable bonds is 2. The summed E-state index contributed by atoms with van der Waals surface area (Å²) in [5, 5.41) is 2.76. The van der Waals surface area contributed by atoms with E-state index in [1.807, 2.05) is 19.1 Å². The lowest BCUT2D eigenvalue weighted by Gasteiger charge is -2.31. The Labute approximate surface area is 100 Å². The average Bonchev–Trinajstić information content (AvgIpc) is 2.30. The van der Waals surface area contributed by atoms with Crippen molar-refractivity contribution in [2.24, 2.45) is 5.73 Å². The number of pyridine rings is 1. The molecular formula is C12H17N3O2. The van der Waals surface area contributed by atoms with Crippen LogP contribution in [0.3, 0.4) is 0 Å². The molecule has 0 atom stereocenters. The summed E-state index contributed by atoms with van der Waals surface area (Å²) >= 11 is 0. The molecule has 0 unspecified atom stereocenters. The van der Waals surface area contributed by atoms with Crippen molar-refractivity contribution in [2.45, 2.75) is 25.3 Å². The number of carbonyl (C=O) groups excluding carboxylic acids is 1. The number of aromatic nitrogens is 1. The molecule has 0 bridgehead atoms. The number of nitrogens with two attached hydrogens (primary N) is 1. The number of ether oxygens (including phenoxy) is 1. The van der Waals surface area contributed by atoms with Gasteiger partial charge in [0, 0.05) is 19.4 Å². The minimum Gasteiger partial charge on any atom is -0.381 e. The molecule has 1 saturated heterocycles. The van der Waals surface area contributed by atoms with Crippen molar-refractivity contribution < 1.29 is 9.53 Å². The van der Waals surface area contributed by atoms with E-state index in [-0.39, 0.29) is 5.91 Å². The van der Waals surface area contributed by atoms with Crippen molar-refractivity contribution in [3.05, 3.63) is 23.9 Å². The monoisotopic (exact) mass is 235 g/mol. The van der Waals surface area contributed by atoms with Crippen molar-refractivity contribution >= 4 is 11.7 Å². The molecule has 0 aliphatic carbocycles. The second kappa shape index (κ2) is 4.81. The lowest BCUT2D eigenvalue weighted by molar-refractivity contribution is -0.124. The highest BCUT2D eigenvalue weighted by Gasteiger charge is 2.36. The van der Waals surface area contributed by atoms with Gasteiger partial charge >= 0.3 is 0 Å². The third-order valence-corrected chi connectivity index (χ3v) is 2.99. The summed E-state index contributed by atoms with van der Waals surface area (Å²) in [6.07, 6.45) is 2.76. The number of aryl methyl sites for hydroxylation is 1. The van der Waals surface area contributed by atoms with E-state index in [4.69, 9.17) is 10.5 Å². The number of carbonyl (C=O) groups is 1. The third-order valence-electron chi connectivity index (χ3n) is 2.99. The Hall–Kier alpha value is -1.46. The van der Waals surface area contributed by atoms with Gasteiger partial charge in [0.2, 0.25) is 5.91 Å². The summed E-state index contributed by atoms with van der Waals surface area (Å²) in [6, 6.07) is 3.70. The first-order valence-corrected chi connectivity index (χ1v) is 5.71. The van der Waals surface area contributed by atoms with Gasteiger partial charge in [-0.05, 0) is 37.5 Å². The normalized spacial score (nSPS) is 18.7. The Balaban J connectivity index is 2.05. The summed E-state index contributed by atoms with van der Waals surface area (Å²) in [7, 11) is 0. The fraction of sp³-hybridized carbons (Fsp3) is 0.500. The molecule has 17 heavy (non-hydrogen) atoms. The predicted octanol–water partition coefficient (Wildman–Crippen LogP) is 0.836. The largest absolute Gasteiger partial charge is 0.381 e. The zero-order valence-corrected chi connectivity index (χ0v) is 9.90. The maximum absolute atomic E-state index is 12.1. The van der Waals surface area contributed by atoms with E-state index in [0.29, 0.717) is 31.9 Å². The lowest BCUT2D eigenvalue weighted by atomic mass is 9.90. The summed E-state index contributed by atoms with van der Waals surface area (Å²) in [4.78, 5) is 16.2. The van der Waals surface area contributed by atoms with Crippen LogP contribution in [0.4, 0.5) is 5.82 Å². The van der Waals surface area contributed by atoms with Crippen LogP contribution in [0.15, 0.2) is 18.3 Å². The van der Waals surface area contributed by atoms with Gasteiger partial charge in [0.05, 0.1) is 0 Å². The molecule has 1 aliphatic heterocycles. The fourth-order valence-corrected chi connectivity index (χ4v) is 1.81. The minimum atomic E-state index is -0.830. The van der Waals surface area contributed by atoms with E-state index in [1.54, 1.807) is 6.20 Å². The highest BCUT2D eigenvalue weighted by Crippen LogP contribution is 2.19. The van der Waals surface area contributed by atoms with Gasteiger partial charge in [-0.15, -0.1) is 0 Å². The molecule has 5 heteroatoms. The van der Waals surface area contributed by atoms with Crippen LogP contribution < -0.4 is 11.1 Å². The number of nitrogens with one attached hydrogen (secondary N) is 1. The number of anilines is 1. The molecule has 2 heterocycles. The van der Waals surface area contributed by atoms with Crippen molar-refractivity contribution in [3.63, 3.8) is 0 Å². The molecule has 1 aliphatic rings. The minimum absolute atomic E-state index is 0.182. The highest BCUT2D eigenvalue weighted by molar-refractivity contribution is 5.97. The van der Waals surface area contributed by atoms with E-state index in [1.165, 1.54) is 0 Å². The molecule has 92 valence electrons. The Morgan fingerprint density at radius 2 is 2.24 bits per heavy atom. The van der Waals surface area contributed by atoms with E-state index >= 15 is 0 Å². The van der Waals surface area contributed by atoms with Crippen molar-refractivity contribution in [2.75, 3.05) is 18.5 Å². The van der Waals surface area contributed by atoms with E-state index in [9.17, 15) is 4.79 Å². The van der Waals surface area contributed by atoms with Crippen molar-refractivity contribution in [3.8, 4) is 0 Å². The first kappa shape index (κ1) is 12.0. The standard InChI is InChI=1S/C12H17N3O2/c1-9-2-5-14-10(8-9)15-11(16)12(13)3-6-17-7-4-12/h2,5,8H,3-4,6-7,13H2,1H3,(H,14,15,16). The topological polar surface area (TPSA) is 77.2 Å². The molecule has 0 radical (unpaired) electrons. The number of hydrogen-bond acceptors (Lipinski definition) is 4. The predicted molar refractivity (Wildman–Crippen MR) is 64.6 cm³/mol.